The van der Waals surface area contributed by atoms with Gasteiger partial charge in [-0.05, 0) is 18.1 Å². The number of amides is 2. The van der Waals surface area contributed by atoms with Gasteiger partial charge in [-0.1, -0.05) is 41.9 Å². The van der Waals surface area contributed by atoms with Gasteiger partial charge in [-0.3, -0.25) is 18.7 Å². The van der Waals surface area contributed by atoms with Gasteiger partial charge in [0.1, 0.15) is 23.6 Å². The minimum atomic E-state index is -0.831. The van der Waals surface area contributed by atoms with Crippen molar-refractivity contribution in [3.8, 4) is 5.75 Å². The van der Waals surface area contributed by atoms with Crippen LogP contribution in [0.2, 0.25) is 5.15 Å². The summed E-state index contributed by atoms with van der Waals surface area (Å²) >= 11 is 6.61. The van der Waals surface area contributed by atoms with Crippen LogP contribution in [0.1, 0.15) is 21.6 Å². The Morgan fingerprint density at radius 3 is 2.46 bits per heavy atom. The molecule has 190 valence electrons. The summed E-state index contributed by atoms with van der Waals surface area (Å²) < 4.78 is 10.8. The molecule has 1 atom stereocenters. The Labute approximate surface area is 217 Å². The third-order valence-electron chi connectivity index (χ3n) is 7.33. The Balaban J connectivity index is 1.31. The molecule has 0 radical (unpaired) electrons. The number of carbonyl (C=O) groups excluding carboxylic acids is 2. The molecule has 10 nitrogen and oxygen atoms in total. The van der Waals surface area contributed by atoms with Gasteiger partial charge in [-0.2, -0.15) is 5.10 Å². The number of aromatic nitrogens is 4. The maximum Gasteiger partial charge on any atom is 0.328 e. The highest BCUT2D eigenvalue weighted by atomic mass is 35.5. The number of nitrogens with zero attached hydrogens (tertiary/aromatic N) is 6. The Bertz CT molecular complexity index is 1640. The molecule has 11 heteroatoms. The monoisotopic (exact) mass is 520 g/mol. The molecular weight excluding hydrogens is 496 g/mol. The standard InChI is InChI=1S/C26H25ClN6O4/c1-29-19-11-17-18(31(3)26(36)30(17)2)12-21(19)37-14-20(24(29)34)32-10-9-16-22(25(32)35)28-33(23(16)27)13-15-7-5-4-6-8-15/h4-8,11-12,20H,9-10,13-14H2,1-3H3/t20-/m0/s1. The zero-order chi connectivity index (χ0) is 26.0. The molecule has 0 bridgehead atoms. The number of anilines is 1. The summed E-state index contributed by atoms with van der Waals surface area (Å²) in [4.78, 5) is 42.6. The summed E-state index contributed by atoms with van der Waals surface area (Å²) in [6.45, 7) is 0.754. The van der Waals surface area contributed by atoms with Crippen LogP contribution >= 0.6 is 11.6 Å². The zero-order valence-electron chi connectivity index (χ0n) is 20.6. The summed E-state index contributed by atoms with van der Waals surface area (Å²) in [5, 5.41) is 4.97. The van der Waals surface area contributed by atoms with Crippen molar-refractivity contribution in [1.29, 1.82) is 0 Å². The molecule has 2 aromatic carbocycles. The topological polar surface area (TPSA) is 94.6 Å². The predicted molar refractivity (Wildman–Crippen MR) is 138 cm³/mol. The van der Waals surface area contributed by atoms with Crippen molar-refractivity contribution in [2.45, 2.75) is 19.0 Å². The second-order valence-corrected chi connectivity index (χ2v) is 9.80. The number of hydrogen-bond acceptors (Lipinski definition) is 5. The van der Waals surface area contributed by atoms with Gasteiger partial charge in [0.25, 0.3) is 11.8 Å². The fraction of sp³-hybridized carbons (Fsp3) is 0.308. The maximum atomic E-state index is 13.6. The molecule has 2 aliphatic heterocycles. The van der Waals surface area contributed by atoms with Gasteiger partial charge in [0, 0.05) is 39.3 Å². The fourth-order valence-corrected chi connectivity index (χ4v) is 5.48. The number of hydrogen-bond donors (Lipinski definition) is 0. The van der Waals surface area contributed by atoms with Crippen LogP contribution in [0.3, 0.4) is 0 Å². The van der Waals surface area contributed by atoms with E-state index >= 15 is 0 Å². The van der Waals surface area contributed by atoms with E-state index in [-0.39, 0.29) is 29.8 Å². The van der Waals surface area contributed by atoms with Gasteiger partial charge < -0.3 is 14.5 Å². The maximum absolute atomic E-state index is 13.6. The van der Waals surface area contributed by atoms with Crippen molar-refractivity contribution in [2.24, 2.45) is 14.1 Å². The normalized spacial score (nSPS) is 17.6. The Morgan fingerprint density at radius 1 is 1.03 bits per heavy atom. The van der Waals surface area contributed by atoms with E-state index < -0.39 is 6.04 Å². The quantitative estimate of drug-likeness (QED) is 0.413. The summed E-state index contributed by atoms with van der Waals surface area (Å²) in [5.74, 6) is -0.137. The molecule has 0 saturated carbocycles. The summed E-state index contributed by atoms with van der Waals surface area (Å²) in [5.41, 5.74) is 3.75. The van der Waals surface area contributed by atoms with Crippen LogP contribution in [-0.2, 0) is 31.9 Å². The smallest absolute Gasteiger partial charge is 0.328 e. The molecule has 0 aliphatic carbocycles. The summed E-state index contributed by atoms with van der Waals surface area (Å²) in [6.07, 6.45) is 0.487. The van der Waals surface area contributed by atoms with Gasteiger partial charge in [-0.25, -0.2) is 9.48 Å². The number of halogens is 1. The first-order valence-corrected chi connectivity index (χ1v) is 12.3. The number of carbonyl (C=O) groups is 2. The summed E-state index contributed by atoms with van der Waals surface area (Å²) in [6, 6.07) is 12.5. The van der Waals surface area contributed by atoms with Crippen LogP contribution in [0.5, 0.6) is 5.75 Å². The Morgan fingerprint density at radius 2 is 1.73 bits per heavy atom. The lowest BCUT2D eigenvalue weighted by Gasteiger charge is -2.33. The van der Waals surface area contributed by atoms with Gasteiger partial charge in [0.05, 0.1) is 23.3 Å². The van der Waals surface area contributed by atoms with Crippen LogP contribution in [0, 0.1) is 0 Å². The number of ether oxygens (including phenoxy) is 1. The molecule has 0 saturated heterocycles. The molecule has 6 rings (SSSR count). The molecule has 37 heavy (non-hydrogen) atoms. The van der Waals surface area contributed by atoms with E-state index in [1.165, 1.54) is 18.9 Å². The highest BCUT2D eigenvalue weighted by Crippen LogP contribution is 2.36. The van der Waals surface area contributed by atoms with Crippen LogP contribution in [0.4, 0.5) is 5.69 Å². The first-order chi connectivity index (χ1) is 17.8. The number of imidazole rings is 1. The van der Waals surface area contributed by atoms with Gasteiger partial charge in [0.2, 0.25) is 0 Å². The molecule has 2 aliphatic rings. The van der Waals surface area contributed by atoms with E-state index in [9.17, 15) is 14.4 Å². The largest absolute Gasteiger partial charge is 0.489 e. The van der Waals surface area contributed by atoms with Crippen molar-refractivity contribution in [3.63, 3.8) is 0 Å². The molecule has 4 aromatic rings. The molecular formula is C26H25ClN6O4. The van der Waals surface area contributed by atoms with Gasteiger partial charge >= 0.3 is 5.69 Å². The van der Waals surface area contributed by atoms with Crippen LogP contribution in [0.25, 0.3) is 11.0 Å². The molecule has 2 amide bonds. The molecule has 0 spiro atoms. The van der Waals surface area contributed by atoms with E-state index in [1.54, 1.807) is 38.0 Å². The van der Waals surface area contributed by atoms with Crippen molar-refractivity contribution < 1.29 is 14.3 Å². The second kappa shape index (κ2) is 8.52. The number of benzene rings is 2. The highest BCUT2D eigenvalue weighted by molar-refractivity contribution is 6.31. The number of rotatable bonds is 3. The van der Waals surface area contributed by atoms with Crippen molar-refractivity contribution in [2.75, 3.05) is 25.1 Å². The summed E-state index contributed by atoms with van der Waals surface area (Å²) in [7, 11) is 5.03. The molecule has 4 heterocycles. The highest BCUT2D eigenvalue weighted by Gasteiger charge is 2.41. The molecule has 0 fully saturated rings. The lowest BCUT2D eigenvalue weighted by molar-refractivity contribution is -0.123. The van der Waals surface area contributed by atoms with E-state index in [0.29, 0.717) is 52.7 Å². The van der Waals surface area contributed by atoms with Gasteiger partial charge in [-0.15, -0.1) is 0 Å². The first kappa shape index (κ1) is 23.4. The third kappa shape index (κ3) is 3.54. The fourth-order valence-electron chi connectivity index (χ4n) is 5.20. The average molecular weight is 521 g/mol. The van der Waals surface area contributed by atoms with E-state index in [2.05, 4.69) is 5.10 Å². The molecule has 0 unspecified atom stereocenters. The minimum absolute atomic E-state index is 0.0119. The van der Waals surface area contributed by atoms with E-state index in [0.717, 1.165) is 5.56 Å². The van der Waals surface area contributed by atoms with Crippen molar-refractivity contribution >= 4 is 40.1 Å². The lowest BCUT2D eigenvalue weighted by Crippen LogP contribution is -2.54. The van der Waals surface area contributed by atoms with E-state index in [1.807, 2.05) is 30.3 Å². The number of likely N-dealkylation sites (N-methyl/N-ethyl adjacent to an activating group) is 1. The minimum Gasteiger partial charge on any atom is -0.489 e. The Kier molecular flexibility index (Phi) is 5.38. The Hall–Kier alpha value is -4.05. The average Bonchev–Trinajstić information content (AvgIpc) is 3.28. The van der Waals surface area contributed by atoms with Crippen LogP contribution < -0.4 is 15.3 Å². The van der Waals surface area contributed by atoms with Crippen molar-refractivity contribution in [3.05, 3.63) is 74.9 Å². The SMILES string of the molecule is CN1C(=O)[C@@H](N2CCc3c(nn(Cc4ccccc4)c3Cl)C2=O)COc2cc3c(cc21)n(C)c(=O)n3C. The number of fused-ring (bicyclic) bond motifs is 3. The predicted octanol–water partition coefficient (Wildman–Crippen LogP) is 2.20. The number of aryl methyl sites for hydroxylation is 2. The van der Waals surface area contributed by atoms with Gasteiger partial charge in [0.15, 0.2) is 5.69 Å². The van der Waals surface area contributed by atoms with Crippen molar-refractivity contribution in [1.82, 2.24) is 23.8 Å². The lowest BCUT2D eigenvalue weighted by atomic mass is 10.0. The first-order valence-electron chi connectivity index (χ1n) is 12.0. The molecule has 0 N–H and O–H groups in total. The third-order valence-corrected chi connectivity index (χ3v) is 7.75. The second-order valence-electron chi connectivity index (χ2n) is 9.44. The van der Waals surface area contributed by atoms with E-state index in [4.69, 9.17) is 16.3 Å². The molecule has 2 aromatic heterocycles. The van der Waals surface area contributed by atoms with Crippen LogP contribution in [-0.4, -0.2) is 61.9 Å². The zero-order valence-corrected chi connectivity index (χ0v) is 21.4. The van der Waals surface area contributed by atoms with Crippen LogP contribution in [0.15, 0.2) is 47.3 Å².